The second kappa shape index (κ2) is 8.95. The molecule has 3 rings (SSSR count). The molecule has 2 heterocycles. The molecule has 0 saturated carbocycles. The van der Waals surface area contributed by atoms with Crippen molar-refractivity contribution in [3.8, 4) is 11.5 Å². The second-order valence-electron chi connectivity index (χ2n) is 6.78. The van der Waals surface area contributed by atoms with Gasteiger partial charge in [0, 0.05) is 13.1 Å². The number of nitrogens with zero attached hydrogens (tertiary/aromatic N) is 2. The highest BCUT2D eigenvalue weighted by Crippen LogP contribution is 2.36. The van der Waals surface area contributed by atoms with Crippen molar-refractivity contribution in [2.24, 2.45) is 10.9 Å². The lowest BCUT2D eigenvalue weighted by atomic mass is 9.91. The first-order valence-electron chi connectivity index (χ1n) is 9.61. The molecule has 152 valence electrons. The van der Waals surface area contributed by atoms with Gasteiger partial charge in [0.15, 0.2) is 17.4 Å². The van der Waals surface area contributed by atoms with Crippen molar-refractivity contribution in [2.45, 2.75) is 32.2 Å². The predicted octanol–water partition coefficient (Wildman–Crippen LogP) is 1.90. The maximum atomic E-state index is 12.8. The fraction of sp³-hybridized carbons (Fsp3) is 0.550. The number of nitrogens with one attached hydrogen (secondary N) is 1. The van der Waals surface area contributed by atoms with Gasteiger partial charge >= 0.3 is 5.97 Å². The molecule has 0 aromatic heterocycles. The molecule has 0 bridgehead atoms. The quantitative estimate of drug-likeness (QED) is 0.611. The van der Waals surface area contributed by atoms with E-state index in [0.29, 0.717) is 23.0 Å². The SMILES string of the molecule is CCOC(=O)[C@@H]1C(=O)NC(N2CCCCC2)=N[C@H]1c1ccc(OC)c(OC)c1. The van der Waals surface area contributed by atoms with Gasteiger partial charge in [-0.1, -0.05) is 6.07 Å². The number of likely N-dealkylation sites (tertiary alicyclic amines) is 1. The van der Waals surface area contributed by atoms with Crippen LogP contribution in [0.5, 0.6) is 11.5 Å². The van der Waals surface area contributed by atoms with Crippen molar-refractivity contribution in [2.75, 3.05) is 33.9 Å². The summed E-state index contributed by atoms with van der Waals surface area (Å²) in [4.78, 5) is 32.2. The predicted molar refractivity (Wildman–Crippen MR) is 103 cm³/mol. The van der Waals surface area contributed by atoms with Crippen LogP contribution in [0.25, 0.3) is 0 Å². The summed E-state index contributed by atoms with van der Waals surface area (Å²) in [6.45, 7) is 3.58. The number of guanidine groups is 1. The van der Waals surface area contributed by atoms with E-state index in [1.165, 1.54) is 6.42 Å². The molecule has 1 aromatic carbocycles. The highest BCUT2D eigenvalue weighted by atomic mass is 16.5. The lowest BCUT2D eigenvalue weighted by Gasteiger charge is -2.35. The molecule has 2 aliphatic heterocycles. The zero-order valence-corrected chi connectivity index (χ0v) is 16.6. The first-order chi connectivity index (χ1) is 13.6. The number of ether oxygens (including phenoxy) is 3. The Balaban J connectivity index is 2.01. The summed E-state index contributed by atoms with van der Waals surface area (Å²) in [5.74, 6) is -0.422. The topological polar surface area (TPSA) is 89.5 Å². The van der Waals surface area contributed by atoms with Crippen molar-refractivity contribution in [1.82, 2.24) is 10.2 Å². The molecule has 0 radical (unpaired) electrons. The molecule has 8 heteroatoms. The van der Waals surface area contributed by atoms with Crippen LogP contribution in [0.4, 0.5) is 0 Å². The molecule has 2 atom stereocenters. The largest absolute Gasteiger partial charge is 0.493 e. The van der Waals surface area contributed by atoms with Gasteiger partial charge in [-0.2, -0.15) is 0 Å². The molecule has 28 heavy (non-hydrogen) atoms. The smallest absolute Gasteiger partial charge is 0.321 e. The van der Waals surface area contributed by atoms with Crippen LogP contribution in [0.15, 0.2) is 23.2 Å². The molecule has 1 saturated heterocycles. The van der Waals surface area contributed by atoms with E-state index in [1.807, 2.05) is 0 Å². The Kier molecular flexibility index (Phi) is 6.38. The number of methoxy groups -OCH3 is 2. The van der Waals surface area contributed by atoms with Gasteiger partial charge in [0.1, 0.15) is 6.04 Å². The van der Waals surface area contributed by atoms with E-state index in [2.05, 4.69) is 10.2 Å². The molecule has 1 amide bonds. The number of hydrogen-bond acceptors (Lipinski definition) is 7. The number of piperidine rings is 1. The van der Waals surface area contributed by atoms with E-state index >= 15 is 0 Å². The molecule has 1 N–H and O–H groups in total. The molecule has 2 aliphatic rings. The van der Waals surface area contributed by atoms with Crippen LogP contribution in [0, 0.1) is 5.92 Å². The van der Waals surface area contributed by atoms with Gasteiger partial charge in [-0.15, -0.1) is 0 Å². The number of esters is 1. The molecule has 0 aliphatic carbocycles. The van der Waals surface area contributed by atoms with Crippen LogP contribution in [0.2, 0.25) is 0 Å². The normalized spacial score (nSPS) is 22.2. The summed E-state index contributed by atoms with van der Waals surface area (Å²) in [5, 5.41) is 2.81. The van der Waals surface area contributed by atoms with Crippen molar-refractivity contribution in [1.29, 1.82) is 0 Å². The zero-order valence-electron chi connectivity index (χ0n) is 16.6. The Morgan fingerprint density at radius 1 is 1.18 bits per heavy atom. The Bertz CT molecular complexity index is 758. The highest BCUT2D eigenvalue weighted by Gasteiger charge is 2.42. The van der Waals surface area contributed by atoms with Crippen LogP contribution in [0.3, 0.4) is 0 Å². The molecule has 1 aromatic rings. The van der Waals surface area contributed by atoms with Crippen LogP contribution in [-0.4, -0.2) is 56.7 Å². The van der Waals surface area contributed by atoms with Crippen LogP contribution < -0.4 is 14.8 Å². The van der Waals surface area contributed by atoms with Crippen LogP contribution in [0.1, 0.15) is 37.8 Å². The number of rotatable bonds is 5. The maximum Gasteiger partial charge on any atom is 0.321 e. The Hall–Kier alpha value is -2.77. The molecular formula is C20H27N3O5. The summed E-state index contributed by atoms with van der Waals surface area (Å²) < 4.78 is 15.8. The summed E-state index contributed by atoms with van der Waals surface area (Å²) in [6.07, 6.45) is 3.27. The van der Waals surface area contributed by atoms with Crippen molar-refractivity contribution >= 4 is 17.8 Å². The number of carbonyl (C=O) groups is 2. The molecule has 0 spiro atoms. The lowest BCUT2D eigenvalue weighted by Crippen LogP contribution is -2.53. The van der Waals surface area contributed by atoms with E-state index < -0.39 is 23.8 Å². The Morgan fingerprint density at radius 2 is 1.89 bits per heavy atom. The first kappa shape index (κ1) is 20.0. The van der Waals surface area contributed by atoms with Crippen molar-refractivity contribution in [3.63, 3.8) is 0 Å². The maximum absolute atomic E-state index is 12.8. The molecular weight excluding hydrogens is 362 g/mol. The summed E-state index contributed by atoms with van der Waals surface area (Å²) >= 11 is 0. The van der Waals surface area contributed by atoms with Crippen LogP contribution in [-0.2, 0) is 14.3 Å². The minimum absolute atomic E-state index is 0.198. The monoisotopic (exact) mass is 389 g/mol. The van der Waals surface area contributed by atoms with Crippen LogP contribution >= 0.6 is 0 Å². The van der Waals surface area contributed by atoms with Gasteiger partial charge in [-0.05, 0) is 43.9 Å². The number of amides is 1. The Morgan fingerprint density at radius 3 is 2.54 bits per heavy atom. The van der Waals surface area contributed by atoms with Gasteiger partial charge in [0.2, 0.25) is 11.9 Å². The summed E-state index contributed by atoms with van der Waals surface area (Å²) in [7, 11) is 3.10. The van der Waals surface area contributed by atoms with Crippen molar-refractivity contribution in [3.05, 3.63) is 23.8 Å². The zero-order chi connectivity index (χ0) is 20.1. The average molecular weight is 389 g/mol. The van der Waals surface area contributed by atoms with E-state index in [9.17, 15) is 9.59 Å². The van der Waals surface area contributed by atoms with Gasteiger partial charge in [0.05, 0.1) is 20.8 Å². The van der Waals surface area contributed by atoms with E-state index in [4.69, 9.17) is 19.2 Å². The fourth-order valence-corrected chi connectivity index (χ4v) is 3.61. The second-order valence-corrected chi connectivity index (χ2v) is 6.78. The first-order valence-corrected chi connectivity index (χ1v) is 9.61. The number of hydrogen-bond donors (Lipinski definition) is 1. The van der Waals surface area contributed by atoms with E-state index in [0.717, 1.165) is 25.9 Å². The molecule has 1 fully saturated rings. The van der Waals surface area contributed by atoms with E-state index in [1.54, 1.807) is 39.3 Å². The average Bonchev–Trinajstić information content (AvgIpc) is 2.73. The van der Waals surface area contributed by atoms with Gasteiger partial charge in [0.25, 0.3) is 0 Å². The minimum Gasteiger partial charge on any atom is -0.493 e. The van der Waals surface area contributed by atoms with Gasteiger partial charge in [-0.25, -0.2) is 4.99 Å². The minimum atomic E-state index is -1.05. The summed E-state index contributed by atoms with van der Waals surface area (Å²) in [5.41, 5.74) is 0.695. The fourth-order valence-electron chi connectivity index (χ4n) is 3.61. The third-order valence-corrected chi connectivity index (χ3v) is 5.04. The number of benzene rings is 1. The van der Waals surface area contributed by atoms with Crippen molar-refractivity contribution < 1.29 is 23.8 Å². The summed E-state index contributed by atoms with van der Waals surface area (Å²) in [6, 6.07) is 4.61. The number of carbonyl (C=O) groups excluding carboxylic acids is 2. The Labute approximate surface area is 164 Å². The molecule has 0 unspecified atom stereocenters. The number of aliphatic imine (C=N–C) groups is 1. The lowest BCUT2D eigenvalue weighted by molar-refractivity contribution is -0.153. The molecule has 8 nitrogen and oxygen atoms in total. The van der Waals surface area contributed by atoms with Gasteiger partial charge < -0.3 is 19.1 Å². The van der Waals surface area contributed by atoms with Gasteiger partial charge in [-0.3, -0.25) is 14.9 Å². The highest BCUT2D eigenvalue weighted by molar-refractivity contribution is 6.08. The standard InChI is InChI=1S/C20H27N3O5/c1-4-28-19(25)16-17(13-8-9-14(26-2)15(12-13)27-3)21-20(22-18(16)24)23-10-6-5-7-11-23/h8-9,12,16-17H,4-7,10-11H2,1-3H3,(H,21,22,24)/t16-,17-/m0/s1. The van der Waals surface area contributed by atoms with E-state index in [-0.39, 0.29) is 6.61 Å². The third kappa shape index (κ3) is 4.05. The third-order valence-electron chi connectivity index (χ3n) is 5.04.